The van der Waals surface area contributed by atoms with Crippen molar-refractivity contribution in [3.8, 4) is 0 Å². The number of halogens is 1. The normalized spacial score (nSPS) is 21.7. The van der Waals surface area contributed by atoms with Gasteiger partial charge >= 0.3 is 0 Å². The fourth-order valence-electron chi connectivity index (χ4n) is 3.75. The number of rotatable bonds is 2. The maximum atomic E-state index is 12.3. The Morgan fingerprint density at radius 2 is 2.14 bits per heavy atom. The lowest BCUT2D eigenvalue weighted by molar-refractivity contribution is 0.241. The molecular weight excluding hydrogens is 288 g/mol. The average molecular weight is 311 g/mol. The van der Waals surface area contributed by atoms with Crippen molar-refractivity contribution in [3.05, 3.63) is 21.6 Å². The lowest BCUT2D eigenvalue weighted by atomic mass is 9.79. The van der Waals surface area contributed by atoms with Crippen LogP contribution in [0.1, 0.15) is 39.0 Å². The summed E-state index contributed by atoms with van der Waals surface area (Å²) in [6, 6.07) is 0. The van der Waals surface area contributed by atoms with Crippen molar-refractivity contribution >= 4 is 17.3 Å². The maximum absolute atomic E-state index is 12.3. The van der Waals surface area contributed by atoms with Crippen molar-refractivity contribution in [2.24, 2.45) is 0 Å². The predicted octanol–water partition coefficient (Wildman–Crippen LogP) is 2.03. The van der Waals surface area contributed by atoms with Gasteiger partial charge in [0.05, 0.1) is 17.4 Å². The highest BCUT2D eigenvalue weighted by molar-refractivity contribution is 6.33. The zero-order valence-corrected chi connectivity index (χ0v) is 13.3. The smallest absolute Gasteiger partial charge is 0.287 e. The summed E-state index contributed by atoms with van der Waals surface area (Å²) in [4.78, 5) is 14.6. The summed E-state index contributed by atoms with van der Waals surface area (Å²) in [6.45, 7) is 5.23. The molecule has 2 aliphatic rings. The second-order valence-electron chi connectivity index (χ2n) is 6.08. The van der Waals surface area contributed by atoms with Crippen LogP contribution >= 0.6 is 11.6 Å². The van der Waals surface area contributed by atoms with E-state index in [1.54, 1.807) is 6.20 Å². The molecule has 1 spiro atoms. The second kappa shape index (κ2) is 5.97. The van der Waals surface area contributed by atoms with E-state index in [1.165, 1.54) is 23.9 Å². The second-order valence-corrected chi connectivity index (χ2v) is 6.46. The van der Waals surface area contributed by atoms with Gasteiger partial charge < -0.3 is 10.2 Å². The fraction of sp³-hybridized carbons (Fsp3) is 0.733. The maximum Gasteiger partial charge on any atom is 0.287 e. The van der Waals surface area contributed by atoms with E-state index >= 15 is 0 Å². The highest BCUT2D eigenvalue weighted by Gasteiger charge is 2.41. The molecule has 116 valence electrons. The minimum Gasteiger partial charge on any atom is -0.361 e. The monoisotopic (exact) mass is 310 g/mol. The minimum absolute atomic E-state index is 0.104. The Kier molecular flexibility index (Phi) is 4.22. The minimum atomic E-state index is -0.179. The van der Waals surface area contributed by atoms with E-state index in [9.17, 15) is 4.79 Å². The average Bonchev–Trinajstić information content (AvgIpc) is 2.52. The third-order valence-corrected chi connectivity index (χ3v) is 5.24. The molecule has 0 radical (unpaired) electrons. The molecule has 0 unspecified atom stereocenters. The lowest BCUT2D eigenvalue weighted by Crippen LogP contribution is -2.62. The van der Waals surface area contributed by atoms with Crippen LogP contribution in [0.5, 0.6) is 0 Å². The van der Waals surface area contributed by atoms with Crippen LogP contribution < -0.4 is 15.8 Å². The molecule has 1 saturated heterocycles. The van der Waals surface area contributed by atoms with Crippen LogP contribution in [0.3, 0.4) is 0 Å². The predicted molar refractivity (Wildman–Crippen MR) is 85.2 cm³/mol. The molecule has 0 bridgehead atoms. The Labute approximate surface area is 130 Å². The quantitative estimate of drug-likeness (QED) is 0.908. The van der Waals surface area contributed by atoms with Gasteiger partial charge in [-0.3, -0.25) is 4.79 Å². The molecule has 2 heterocycles. The molecule has 0 amide bonds. The van der Waals surface area contributed by atoms with E-state index in [-0.39, 0.29) is 11.1 Å². The van der Waals surface area contributed by atoms with Gasteiger partial charge in [0.25, 0.3) is 5.56 Å². The number of hydrogen-bond donors (Lipinski definition) is 1. The van der Waals surface area contributed by atoms with Crippen molar-refractivity contribution in [2.45, 2.75) is 51.1 Å². The molecular formula is C15H23ClN4O. The SMILES string of the molecule is CCn1ncc(N2CCNCC23CCCCC3)c(Cl)c1=O. The standard InChI is InChI=1S/C15H23ClN4O/c1-2-20-14(21)13(16)12(10-18-20)19-9-8-17-11-15(19)6-4-3-5-7-15/h10,17H,2-9,11H2,1H3. The van der Waals surface area contributed by atoms with Crippen LogP contribution in [0.4, 0.5) is 5.69 Å². The first-order valence-corrected chi connectivity index (χ1v) is 8.30. The third kappa shape index (κ3) is 2.57. The van der Waals surface area contributed by atoms with Gasteiger partial charge in [0.2, 0.25) is 0 Å². The van der Waals surface area contributed by atoms with Gasteiger partial charge in [-0.2, -0.15) is 5.10 Å². The Morgan fingerprint density at radius 3 is 2.86 bits per heavy atom. The molecule has 2 fully saturated rings. The first-order valence-electron chi connectivity index (χ1n) is 7.92. The van der Waals surface area contributed by atoms with Crippen LogP contribution in [0.25, 0.3) is 0 Å². The summed E-state index contributed by atoms with van der Waals surface area (Å²) in [5.41, 5.74) is 0.739. The first-order chi connectivity index (χ1) is 10.2. The number of nitrogens with zero attached hydrogens (tertiary/aromatic N) is 3. The molecule has 6 heteroatoms. The summed E-state index contributed by atoms with van der Waals surface area (Å²) in [5, 5.41) is 8.10. The topological polar surface area (TPSA) is 50.2 Å². The number of aromatic nitrogens is 2. The number of hydrogen-bond acceptors (Lipinski definition) is 4. The van der Waals surface area contributed by atoms with Crippen LogP contribution in [0.15, 0.2) is 11.0 Å². The van der Waals surface area contributed by atoms with Crippen molar-refractivity contribution in [2.75, 3.05) is 24.5 Å². The molecule has 1 aliphatic carbocycles. The molecule has 0 aromatic carbocycles. The van der Waals surface area contributed by atoms with E-state index in [0.717, 1.165) is 38.2 Å². The molecule has 0 atom stereocenters. The van der Waals surface area contributed by atoms with Crippen LogP contribution in [-0.2, 0) is 6.54 Å². The third-order valence-electron chi connectivity index (χ3n) is 4.88. The Hall–Kier alpha value is -1.07. The van der Waals surface area contributed by atoms with E-state index < -0.39 is 0 Å². The van der Waals surface area contributed by atoms with Crippen molar-refractivity contribution < 1.29 is 0 Å². The van der Waals surface area contributed by atoms with Gasteiger partial charge in [0.1, 0.15) is 5.02 Å². The summed E-state index contributed by atoms with van der Waals surface area (Å²) in [6.07, 6.45) is 7.89. The fourth-order valence-corrected chi connectivity index (χ4v) is 4.00. The molecule has 1 saturated carbocycles. The van der Waals surface area contributed by atoms with Gasteiger partial charge in [-0.15, -0.1) is 0 Å². The Morgan fingerprint density at radius 1 is 1.38 bits per heavy atom. The molecule has 1 aromatic rings. The van der Waals surface area contributed by atoms with Crippen molar-refractivity contribution in [1.82, 2.24) is 15.1 Å². The van der Waals surface area contributed by atoms with E-state index in [2.05, 4.69) is 15.3 Å². The first kappa shape index (κ1) is 14.9. The highest BCUT2D eigenvalue weighted by Crippen LogP contribution is 2.38. The summed E-state index contributed by atoms with van der Waals surface area (Å²) < 4.78 is 1.42. The van der Waals surface area contributed by atoms with Gasteiger partial charge in [0.15, 0.2) is 0 Å². The molecule has 1 aromatic heterocycles. The molecule has 21 heavy (non-hydrogen) atoms. The van der Waals surface area contributed by atoms with Crippen molar-refractivity contribution in [3.63, 3.8) is 0 Å². The molecule has 5 nitrogen and oxygen atoms in total. The zero-order chi connectivity index (χ0) is 14.9. The van der Waals surface area contributed by atoms with Gasteiger partial charge in [-0.25, -0.2) is 4.68 Å². The van der Waals surface area contributed by atoms with Gasteiger partial charge in [-0.1, -0.05) is 30.9 Å². The number of anilines is 1. The van der Waals surface area contributed by atoms with E-state index in [4.69, 9.17) is 11.6 Å². The summed E-state index contributed by atoms with van der Waals surface area (Å²) >= 11 is 6.38. The summed E-state index contributed by atoms with van der Waals surface area (Å²) in [7, 11) is 0. The Bertz CT molecular complexity index is 557. The number of piperazine rings is 1. The zero-order valence-electron chi connectivity index (χ0n) is 12.6. The van der Waals surface area contributed by atoms with Gasteiger partial charge in [-0.05, 0) is 19.8 Å². The highest BCUT2D eigenvalue weighted by atomic mass is 35.5. The van der Waals surface area contributed by atoms with E-state index in [0.29, 0.717) is 11.6 Å². The lowest BCUT2D eigenvalue weighted by Gasteiger charge is -2.51. The molecule has 1 aliphatic heterocycles. The van der Waals surface area contributed by atoms with E-state index in [1.807, 2.05) is 6.92 Å². The molecule has 1 N–H and O–H groups in total. The van der Waals surface area contributed by atoms with Gasteiger partial charge in [0, 0.05) is 26.2 Å². The number of aryl methyl sites for hydroxylation is 1. The van der Waals surface area contributed by atoms with Crippen LogP contribution in [0, 0.1) is 0 Å². The van der Waals surface area contributed by atoms with Crippen LogP contribution in [-0.4, -0.2) is 35.0 Å². The summed E-state index contributed by atoms with van der Waals surface area (Å²) in [5.74, 6) is 0. The largest absolute Gasteiger partial charge is 0.361 e. The molecule has 3 rings (SSSR count). The van der Waals surface area contributed by atoms with Crippen molar-refractivity contribution in [1.29, 1.82) is 0 Å². The number of nitrogens with one attached hydrogen (secondary N) is 1. The Balaban J connectivity index is 2.01. The van der Waals surface area contributed by atoms with Crippen LogP contribution in [0.2, 0.25) is 5.02 Å².